The molecule has 4 rings (SSSR count). The first-order valence-corrected chi connectivity index (χ1v) is 11.7. The number of aromatic nitrogens is 1. The molecule has 3 aromatic rings. The highest BCUT2D eigenvalue weighted by Crippen LogP contribution is 2.31. The molecule has 0 spiro atoms. The molecule has 1 aliphatic rings. The van der Waals surface area contributed by atoms with Crippen LogP contribution in [0, 0.1) is 6.92 Å². The van der Waals surface area contributed by atoms with Crippen LogP contribution >= 0.6 is 11.3 Å². The number of benzene rings is 1. The monoisotopic (exact) mass is 449 g/mol. The lowest BCUT2D eigenvalue weighted by Gasteiger charge is -2.32. The first kappa shape index (κ1) is 22.2. The number of amides is 2. The molecule has 2 atom stereocenters. The lowest BCUT2D eigenvalue weighted by molar-refractivity contribution is -0.126. The van der Waals surface area contributed by atoms with Crippen molar-refractivity contribution in [3.05, 3.63) is 82.3 Å². The van der Waals surface area contributed by atoms with Crippen LogP contribution in [0.3, 0.4) is 0 Å². The van der Waals surface area contributed by atoms with Crippen molar-refractivity contribution in [3.63, 3.8) is 0 Å². The maximum Gasteiger partial charge on any atom is 0.247 e. The molecule has 0 aliphatic carbocycles. The van der Waals surface area contributed by atoms with E-state index in [1.54, 1.807) is 23.4 Å². The molecule has 2 aromatic heterocycles. The SMILES string of the molecule is Cc1ccccc1N(C(=O)Cc1cccs1)[C@@H](C(=O)NC[C@H]1CCCO1)c1cccnc1. The molecule has 3 heterocycles. The number of nitrogens with one attached hydrogen (secondary N) is 1. The Labute approximate surface area is 192 Å². The van der Waals surface area contributed by atoms with Gasteiger partial charge in [-0.25, -0.2) is 0 Å². The minimum absolute atomic E-state index is 0.0160. The van der Waals surface area contributed by atoms with Crippen LogP contribution in [-0.2, 0) is 20.7 Å². The molecule has 6 nitrogen and oxygen atoms in total. The summed E-state index contributed by atoms with van der Waals surface area (Å²) in [6.07, 6.45) is 5.48. The highest BCUT2D eigenvalue weighted by atomic mass is 32.1. The molecule has 0 bridgehead atoms. The summed E-state index contributed by atoms with van der Waals surface area (Å²) in [5.74, 6) is -0.376. The van der Waals surface area contributed by atoms with Crippen molar-refractivity contribution in [2.75, 3.05) is 18.1 Å². The number of rotatable bonds is 8. The van der Waals surface area contributed by atoms with E-state index in [1.165, 1.54) is 11.3 Å². The van der Waals surface area contributed by atoms with Crippen LogP contribution in [0.15, 0.2) is 66.3 Å². The maximum absolute atomic E-state index is 13.7. The summed E-state index contributed by atoms with van der Waals surface area (Å²) >= 11 is 1.53. The van der Waals surface area contributed by atoms with Crippen LogP contribution in [0.4, 0.5) is 5.69 Å². The third kappa shape index (κ3) is 5.23. The van der Waals surface area contributed by atoms with Crippen LogP contribution < -0.4 is 10.2 Å². The molecule has 1 saturated heterocycles. The zero-order valence-electron chi connectivity index (χ0n) is 18.1. The van der Waals surface area contributed by atoms with E-state index in [-0.39, 0.29) is 24.3 Å². The molecule has 7 heteroatoms. The standard InChI is InChI=1S/C25H27N3O3S/c1-18-7-2-3-11-22(18)28(23(29)15-21-10-6-14-32-21)24(19-8-4-12-26-16-19)25(30)27-17-20-9-5-13-31-20/h2-4,6-8,10-12,14,16,20,24H,5,9,13,15,17H2,1H3,(H,27,30)/t20-,24-/m1/s1. The first-order valence-electron chi connectivity index (χ1n) is 10.8. The van der Waals surface area contributed by atoms with Gasteiger partial charge in [0.2, 0.25) is 11.8 Å². The topological polar surface area (TPSA) is 71.5 Å². The van der Waals surface area contributed by atoms with Crippen LogP contribution in [0.25, 0.3) is 0 Å². The summed E-state index contributed by atoms with van der Waals surface area (Å²) < 4.78 is 5.66. The number of pyridine rings is 1. The van der Waals surface area contributed by atoms with E-state index in [0.717, 1.165) is 35.6 Å². The molecular formula is C25H27N3O3S. The maximum atomic E-state index is 13.7. The third-order valence-electron chi connectivity index (χ3n) is 5.58. The molecule has 166 valence electrons. The van der Waals surface area contributed by atoms with Gasteiger partial charge in [-0.3, -0.25) is 19.5 Å². The predicted octanol–water partition coefficient (Wildman–Crippen LogP) is 4.06. The molecule has 1 fully saturated rings. The van der Waals surface area contributed by atoms with Gasteiger partial charge < -0.3 is 10.1 Å². The minimum atomic E-state index is -0.835. The van der Waals surface area contributed by atoms with Gasteiger partial charge in [-0.15, -0.1) is 11.3 Å². The fourth-order valence-corrected chi connectivity index (χ4v) is 4.67. The number of nitrogens with zero attached hydrogens (tertiary/aromatic N) is 2. The van der Waals surface area contributed by atoms with Gasteiger partial charge in [-0.2, -0.15) is 0 Å². The van der Waals surface area contributed by atoms with Crippen LogP contribution in [0.2, 0.25) is 0 Å². The number of hydrogen-bond acceptors (Lipinski definition) is 5. The molecule has 0 saturated carbocycles. The summed E-state index contributed by atoms with van der Waals surface area (Å²) in [5, 5.41) is 4.98. The summed E-state index contributed by atoms with van der Waals surface area (Å²) in [4.78, 5) is 34.0. The average molecular weight is 450 g/mol. The second-order valence-electron chi connectivity index (χ2n) is 7.88. The van der Waals surface area contributed by atoms with E-state index < -0.39 is 6.04 Å². The fourth-order valence-electron chi connectivity index (χ4n) is 3.97. The minimum Gasteiger partial charge on any atom is -0.376 e. The number of ether oxygens (including phenoxy) is 1. The second-order valence-corrected chi connectivity index (χ2v) is 8.91. The van der Waals surface area contributed by atoms with Crippen molar-refractivity contribution in [1.29, 1.82) is 0 Å². The summed E-state index contributed by atoms with van der Waals surface area (Å²) in [5.41, 5.74) is 2.31. The van der Waals surface area contributed by atoms with E-state index in [9.17, 15) is 9.59 Å². The van der Waals surface area contributed by atoms with E-state index in [1.807, 2.05) is 54.8 Å². The molecule has 1 aromatic carbocycles. The Kier molecular flexibility index (Phi) is 7.29. The quantitative estimate of drug-likeness (QED) is 0.563. The van der Waals surface area contributed by atoms with Crippen LogP contribution in [-0.4, -0.2) is 36.1 Å². The Balaban J connectivity index is 1.70. The van der Waals surface area contributed by atoms with Crippen molar-refractivity contribution < 1.29 is 14.3 Å². The summed E-state index contributed by atoms with van der Waals surface area (Å²) in [7, 11) is 0. The Morgan fingerprint density at radius 3 is 2.78 bits per heavy atom. The summed E-state index contributed by atoms with van der Waals surface area (Å²) in [6.45, 7) is 3.10. The lowest BCUT2D eigenvalue weighted by atomic mass is 10.0. The van der Waals surface area contributed by atoms with Gasteiger partial charge in [0.25, 0.3) is 0 Å². The van der Waals surface area contributed by atoms with Crippen LogP contribution in [0.1, 0.15) is 34.9 Å². The molecule has 1 N–H and O–H groups in total. The normalized spacial score (nSPS) is 16.5. The van der Waals surface area contributed by atoms with Gasteiger partial charge in [0.1, 0.15) is 6.04 Å². The zero-order chi connectivity index (χ0) is 22.3. The zero-order valence-corrected chi connectivity index (χ0v) is 18.9. The highest BCUT2D eigenvalue weighted by Gasteiger charge is 2.34. The highest BCUT2D eigenvalue weighted by molar-refractivity contribution is 7.10. The largest absolute Gasteiger partial charge is 0.376 e. The Hall–Kier alpha value is -3.03. The van der Waals surface area contributed by atoms with Crippen molar-refractivity contribution in [2.45, 2.75) is 38.3 Å². The van der Waals surface area contributed by atoms with E-state index in [2.05, 4.69) is 10.3 Å². The molecule has 1 aliphatic heterocycles. The predicted molar refractivity (Wildman–Crippen MR) is 126 cm³/mol. The van der Waals surface area contributed by atoms with E-state index >= 15 is 0 Å². The number of aryl methyl sites for hydroxylation is 1. The van der Waals surface area contributed by atoms with Crippen LogP contribution in [0.5, 0.6) is 0 Å². The molecule has 0 unspecified atom stereocenters. The van der Waals surface area contributed by atoms with Gasteiger partial charge in [-0.1, -0.05) is 30.3 Å². The van der Waals surface area contributed by atoms with Gasteiger partial charge in [0.15, 0.2) is 0 Å². The number of para-hydroxylation sites is 1. The number of hydrogen-bond donors (Lipinski definition) is 1. The fraction of sp³-hybridized carbons (Fsp3) is 0.320. The smallest absolute Gasteiger partial charge is 0.247 e. The number of thiophene rings is 1. The molecule has 32 heavy (non-hydrogen) atoms. The van der Waals surface area contributed by atoms with E-state index in [0.29, 0.717) is 12.1 Å². The average Bonchev–Trinajstić information content (AvgIpc) is 3.51. The van der Waals surface area contributed by atoms with E-state index in [4.69, 9.17) is 4.74 Å². The Morgan fingerprint density at radius 1 is 1.22 bits per heavy atom. The van der Waals surface area contributed by atoms with Gasteiger partial charge in [0.05, 0.1) is 12.5 Å². The lowest BCUT2D eigenvalue weighted by Crippen LogP contribution is -2.46. The van der Waals surface area contributed by atoms with Crippen molar-refractivity contribution in [3.8, 4) is 0 Å². The number of carbonyl (C=O) groups is 2. The summed E-state index contributed by atoms with van der Waals surface area (Å²) in [6, 6.07) is 14.3. The van der Waals surface area contributed by atoms with Crippen molar-refractivity contribution in [2.24, 2.45) is 0 Å². The Bertz CT molecular complexity index is 1030. The molecule has 0 radical (unpaired) electrons. The molecule has 2 amide bonds. The van der Waals surface area contributed by atoms with Crippen molar-refractivity contribution in [1.82, 2.24) is 10.3 Å². The second kappa shape index (κ2) is 10.5. The van der Waals surface area contributed by atoms with Crippen molar-refractivity contribution >= 4 is 28.8 Å². The van der Waals surface area contributed by atoms with Gasteiger partial charge in [-0.05, 0) is 48.9 Å². The number of anilines is 1. The Morgan fingerprint density at radius 2 is 2.09 bits per heavy atom. The van der Waals surface area contributed by atoms with Gasteiger partial charge >= 0.3 is 0 Å². The third-order valence-corrected chi connectivity index (χ3v) is 6.46. The number of carbonyl (C=O) groups excluding carboxylic acids is 2. The van der Waals surface area contributed by atoms with Gasteiger partial charge in [0, 0.05) is 41.7 Å². The first-order chi connectivity index (χ1) is 15.6. The molecular weight excluding hydrogens is 422 g/mol.